The number of allylic oxidation sites excluding steroid dienone is 1. The van der Waals surface area contributed by atoms with Crippen LogP contribution in [0.1, 0.15) is 45.5 Å². The Morgan fingerprint density at radius 3 is 2.96 bits per heavy atom. The quantitative estimate of drug-likeness (QED) is 0.590. The Hall–Kier alpha value is -2.99. The van der Waals surface area contributed by atoms with E-state index in [0.29, 0.717) is 23.6 Å². The Kier molecular flexibility index (Phi) is 5.21. The number of hydrogen-bond donors (Lipinski definition) is 0. The van der Waals surface area contributed by atoms with Gasteiger partial charge in [0.05, 0.1) is 11.4 Å². The minimum atomic E-state index is -0.225. The third kappa shape index (κ3) is 3.55. The lowest BCUT2D eigenvalue weighted by molar-refractivity contribution is 0.112. The van der Waals surface area contributed by atoms with Crippen LogP contribution in [-0.4, -0.2) is 15.8 Å². The van der Waals surface area contributed by atoms with Crippen molar-refractivity contribution in [2.45, 2.75) is 32.8 Å². The van der Waals surface area contributed by atoms with Crippen molar-refractivity contribution in [2.24, 2.45) is 0 Å². The molecule has 5 nitrogen and oxygen atoms in total. The Morgan fingerprint density at radius 2 is 2.21 bits per heavy atom. The van der Waals surface area contributed by atoms with Crippen LogP contribution in [0, 0.1) is 0 Å². The van der Waals surface area contributed by atoms with E-state index in [2.05, 4.69) is 18.0 Å². The smallest absolute Gasteiger partial charge is 0.258 e. The molecule has 0 bridgehead atoms. The summed E-state index contributed by atoms with van der Waals surface area (Å²) in [7, 11) is 0. The second kappa shape index (κ2) is 7.94. The van der Waals surface area contributed by atoms with Gasteiger partial charge in [-0.05, 0) is 42.5 Å². The number of aldehydes is 1. The van der Waals surface area contributed by atoms with Crippen molar-refractivity contribution in [1.82, 2.24) is 9.55 Å². The number of nitrogens with zero attached hydrogens (tertiary/aromatic N) is 2. The molecule has 0 spiro atoms. The van der Waals surface area contributed by atoms with Crippen LogP contribution in [0.15, 0.2) is 46.7 Å². The van der Waals surface area contributed by atoms with Crippen LogP contribution >= 0.6 is 11.3 Å². The van der Waals surface area contributed by atoms with Gasteiger partial charge >= 0.3 is 0 Å². The number of fused-ring (bicyclic) bond motifs is 1. The topological polar surface area (TPSA) is 61.2 Å². The van der Waals surface area contributed by atoms with E-state index in [1.165, 1.54) is 10.6 Å². The molecule has 2 aromatic heterocycles. The number of benzene rings is 1. The van der Waals surface area contributed by atoms with Crippen molar-refractivity contribution in [2.75, 3.05) is 0 Å². The Bertz CT molecular complexity index is 1110. The number of rotatable bonds is 6. The zero-order chi connectivity index (χ0) is 19.5. The summed E-state index contributed by atoms with van der Waals surface area (Å²) in [5.74, 6) is 0.492. The van der Waals surface area contributed by atoms with Gasteiger partial charge in [-0.1, -0.05) is 25.1 Å². The van der Waals surface area contributed by atoms with Crippen LogP contribution < -0.4 is 10.3 Å². The Morgan fingerprint density at radius 1 is 1.32 bits per heavy atom. The molecule has 1 aliphatic rings. The van der Waals surface area contributed by atoms with Gasteiger partial charge in [0.1, 0.15) is 17.4 Å². The van der Waals surface area contributed by atoms with Gasteiger partial charge in [0.2, 0.25) is 0 Å². The first-order chi connectivity index (χ1) is 13.7. The van der Waals surface area contributed by atoms with Gasteiger partial charge in [-0.3, -0.25) is 14.2 Å². The van der Waals surface area contributed by atoms with Crippen molar-refractivity contribution in [3.63, 3.8) is 0 Å². The van der Waals surface area contributed by atoms with Gasteiger partial charge < -0.3 is 4.74 Å². The molecular weight excluding hydrogens is 372 g/mol. The zero-order valence-corrected chi connectivity index (χ0v) is 16.4. The van der Waals surface area contributed by atoms with Crippen molar-refractivity contribution in [1.29, 1.82) is 0 Å². The number of carbonyl (C=O) groups excluding carboxylic acids is 1. The van der Waals surface area contributed by atoms with E-state index >= 15 is 0 Å². The molecular formula is C22H20N2O3S. The van der Waals surface area contributed by atoms with E-state index < -0.39 is 0 Å². The summed E-state index contributed by atoms with van der Waals surface area (Å²) in [5.41, 5.74) is 4.08. The fraction of sp³-hybridized carbons (Fsp3) is 0.227. The third-order valence-electron chi connectivity index (χ3n) is 4.79. The molecule has 0 N–H and O–H groups in total. The van der Waals surface area contributed by atoms with E-state index in [-0.39, 0.29) is 5.56 Å². The van der Waals surface area contributed by atoms with E-state index in [0.717, 1.165) is 47.4 Å². The lowest BCUT2D eigenvalue weighted by atomic mass is 9.93. The molecule has 0 aliphatic heterocycles. The lowest BCUT2D eigenvalue weighted by Gasteiger charge is -2.19. The minimum Gasteiger partial charge on any atom is -0.486 e. The lowest BCUT2D eigenvalue weighted by Crippen LogP contribution is -2.20. The molecule has 0 radical (unpaired) electrons. The van der Waals surface area contributed by atoms with Gasteiger partial charge in [0.15, 0.2) is 6.29 Å². The second-order valence-corrected chi connectivity index (χ2v) is 7.52. The monoisotopic (exact) mass is 392 g/mol. The predicted octanol–water partition coefficient (Wildman–Crippen LogP) is 4.21. The molecule has 4 rings (SSSR count). The third-order valence-corrected chi connectivity index (χ3v) is 5.66. The van der Waals surface area contributed by atoms with E-state index in [1.54, 1.807) is 29.7 Å². The maximum absolute atomic E-state index is 12.8. The van der Waals surface area contributed by atoms with Crippen molar-refractivity contribution in [3.05, 3.63) is 79.7 Å². The number of aromatic nitrogens is 2. The highest BCUT2D eigenvalue weighted by molar-refractivity contribution is 7.09. The molecule has 142 valence electrons. The molecule has 0 saturated carbocycles. The zero-order valence-electron chi connectivity index (χ0n) is 15.6. The summed E-state index contributed by atoms with van der Waals surface area (Å²) < 4.78 is 7.28. The van der Waals surface area contributed by atoms with Crippen LogP contribution in [0.5, 0.6) is 5.75 Å². The first kappa shape index (κ1) is 18.4. The van der Waals surface area contributed by atoms with E-state index in [4.69, 9.17) is 4.74 Å². The predicted molar refractivity (Wildman–Crippen MR) is 111 cm³/mol. The van der Waals surface area contributed by atoms with Gasteiger partial charge in [-0.25, -0.2) is 4.98 Å². The van der Waals surface area contributed by atoms with Gasteiger partial charge in [-0.15, -0.1) is 11.3 Å². The summed E-state index contributed by atoms with van der Waals surface area (Å²) in [6.45, 7) is 2.39. The first-order valence-corrected chi connectivity index (χ1v) is 10.1. The average Bonchev–Trinajstić information content (AvgIpc) is 3.20. The van der Waals surface area contributed by atoms with E-state index in [9.17, 15) is 9.59 Å². The summed E-state index contributed by atoms with van der Waals surface area (Å²) in [6.07, 6.45) is 9.22. The molecule has 0 unspecified atom stereocenters. The number of hydrogen-bond acceptors (Lipinski definition) is 5. The van der Waals surface area contributed by atoms with Crippen LogP contribution in [0.25, 0.3) is 11.8 Å². The highest BCUT2D eigenvalue weighted by Crippen LogP contribution is 2.28. The standard InChI is InChI=1S/C22H20N2O3S/c1-2-17-14-28-20(23-17)13-27-18-9-10-24(21(26)11-18)22-16(12-25)8-7-15-5-3-4-6-19(15)22/h3,5,7-12,14H,2,4,6,13H2,1H3. The number of carbonyl (C=O) groups is 1. The summed E-state index contributed by atoms with van der Waals surface area (Å²) >= 11 is 1.55. The van der Waals surface area contributed by atoms with E-state index in [1.807, 2.05) is 17.5 Å². The SMILES string of the molecule is CCc1csc(COc2ccn(-c3c(C=O)ccc4c3CCC=C4)c(=O)c2)n1. The molecule has 3 aromatic rings. The van der Waals surface area contributed by atoms with Gasteiger partial charge in [0, 0.05) is 23.2 Å². The number of aryl methyl sites for hydroxylation is 1. The summed E-state index contributed by atoms with van der Waals surface area (Å²) in [6, 6.07) is 6.91. The molecule has 1 aliphatic carbocycles. The highest BCUT2D eigenvalue weighted by Gasteiger charge is 2.16. The number of thiazole rings is 1. The molecule has 0 atom stereocenters. The fourth-order valence-electron chi connectivity index (χ4n) is 3.36. The number of pyridine rings is 1. The van der Waals surface area contributed by atoms with Crippen LogP contribution in [0.2, 0.25) is 0 Å². The second-order valence-electron chi connectivity index (χ2n) is 6.58. The normalized spacial score (nSPS) is 12.6. The number of ether oxygens (including phenoxy) is 1. The van der Waals surface area contributed by atoms with Crippen LogP contribution in [0.3, 0.4) is 0 Å². The van der Waals surface area contributed by atoms with Crippen molar-refractivity contribution >= 4 is 23.7 Å². The molecule has 0 saturated heterocycles. The van der Waals surface area contributed by atoms with Gasteiger partial charge in [-0.2, -0.15) is 0 Å². The first-order valence-electron chi connectivity index (χ1n) is 9.26. The molecule has 6 heteroatoms. The molecule has 1 aromatic carbocycles. The largest absolute Gasteiger partial charge is 0.486 e. The van der Waals surface area contributed by atoms with Crippen molar-refractivity contribution < 1.29 is 9.53 Å². The fourth-order valence-corrected chi connectivity index (χ4v) is 4.15. The van der Waals surface area contributed by atoms with Crippen LogP contribution in [-0.2, 0) is 19.4 Å². The highest BCUT2D eigenvalue weighted by atomic mass is 32.1. The maximum Gasteiger partial charge on any atom is 0.258 e. The van der Waals surface area contributed by atoms with Gasteiger partial charge in [0.25, 0.3) is 5.56 Å². The van der Waals surface area contributed by atoms with Crippen LogP contribution in [0.4, 0.5) is 0 Å². The minimum absolute atomic E-state index is 0.225. The average molecular weight is 392 g/mol. The Labute approximate surface area is 166 Å². The molecule has 28 heavy (non-hydrogen) atoms. The summed E-state index contributed by atoms with van der Waals surface area (Å²) in [5, 5.41) is 2.90. The molecule has 0 fully saturated rings. The van der Waals surface area contributed by atoms with Crippen molar-refractivity contribution in [3.8, 4) is 11.4 Å². The Balaban J connectivity index is 1.64. The maximum atomic E-state index is 12.8. The molecule has 0 amide bonds. The summed E-state index contributed by atoms with van der Waals surface area (Å²) in [4.78, 5) is 28.8. The molecule has 2 heterocycles.